The van der Waals surface area contributed by atoms with E-state index >= 15 is 0 Å². The molecule has 1 atom stereocenters. The summed E-state index contributed by atoms with van der Waals surface area (Å²) in [4.78, 5) is 29.9. The van der Waals surface area contributed by atoms with Gasteiger partial charge in [0.2, 0.25) is 5.79 Å². The van der Waals surface area contributed by atoms with E-state index in [1.165, 1.54) is 24.3 Å². The van der Waals surface area contributed by atoms with Crippen LogP contribution in [0.5, 0.6) is 5.75 Å². The lowest BCUT2D eigenvalue weighted by molar-refractivity contribution is -0.149. The fourth-order valence-corrected chi connectivity index (χ4v) is 3.59. The molecule has 1 unspecified atom stereocenters. The fraction of sp³-hybridized carbons (Fsp3) is 0.312. The number of carbonyl (C=O) groups is 1. The van der Waals surface area contributed by atoms with Crippen LogP contribution in [0.15, 0.2) is 47.4 Å². The molecule has 7 N–H and O–H groups in total. The highest BCUT2D eigenvalue weighted by atomic mass is 31.2. The van der Waals surface area contributed by atoms with Crippen LogP contribution >= 0.6 is 7.75 Å². The molecule has 0 amide bonds. The summed E-state index contributed by atoms with van der Waals surface area (Å²) in [6.07, 6.45) is 0.352. The average molecular weight is 385 g/mol. The summed E-state index contributed by atoms with van der Waals surface area (Å²) < 4.78 is 11.3. The number of hydrogen-bond acceptors (Lipinski definition) is 6. The lowest BCUT2D eigenvalue weighted by Crippen LogP contribution is -2.42. The van der Waals surface area contributed by atoms with Crippen LogP contribution < -0.4 is 5.09 Å². The normalized spacial score (nSPS) is 17.1. The second kappa shape index (κ2) is 7.22. The number of phenolic OH excluding ortho intramolecular Hbond substituents is 1. The zero-order valence-corrected chi connectivity index (χ0v) is 14.7. The third kappa shape index (κ3) is 4.32. The summed E-state index contributed by atoms with van der Waals surface area (Å²) in [5.41, 5.74) is -0.757. The van der Waals surface area contributed by atoms with Crippen molar-refractivity contribution in [2.24, 2.45) is 0 Å². The minimum Gasteiger partial charge on any atom is -0.508 e. The lowest BCUT2D eigenvalue weighted by atomic mass is 9.80. The standard InChI is InChI=1S/C16H20NO8P/c1-2-12(9-4-3-5-10(18)6-9)16(21,22)15-13(17-26(23,24)25)7-11(19)8-14(15)20/h3-6,8,12,18,20-22H,2,7H2,1H3,(H3,17,23,24,25). The van der Waals surface area contributed by atoms with Gasteiger partial charge in [-0.25, -0.2) is 4.57 Å². The number of ketones is 1. The summed E-state index contributed by atoms with van der Waals surface area (Å²) in [6.45, 7) is 1.63. The Morgan fingerprint density at radius 3 is 2.46 bits per heavy atom. The van der Waals surface area contributed by atoms with Crippen LogP contribution in [0, 0.1) is 0 Å². The molecule has 9 nitrogen and oxygen atoms in total. The Morgan fingerprint density at radius 2 is 1.92 bits per heavy atom. The van der Waals surface area contributed by atoms with Gasteiger partial charge >= 0.3 is 7.75 Å². The van der Waals surface area contributed by atoms with E-state index in [0.29, 0.717) is 5.56 Å². The molecule has 26 heavy (non-hydrogen) atoms. The number of nitrogens with one attached hydrogen (secondary N) is 1. The number of aromatic hydroxyl groups is 1. The van der Waals surface area contributed by atoms with Crippen molar-refractivity contribution in [1.29, 1.82) is 0 Å². The van der Waals surface area contributed by atoms with Gasteiger partial charge in [-0.2, -0.15) is 0 Å². The predicted octanol–water partition coefficient (Wildman–Crippen LogP) is 0.918. The number of aliphatic hydroxyl groups excluding tert-OH is 1. The Balaban J connectivity index is 2.60. The summed E-state index contributed by atoms with van der Waals surface area (Å²) >= 11 is 0. The van der Waals surface area contributed by atoms with Gasteiger partial charge in [-0.15, -0.1) is 0 Å². The van der Waals surface area contributed by atoms with E-state index in [1.54, 1.807) is 12.0 Å². The van der Waals surface area contributed by atoms with E-state index in [9.17, 15) is 29.8 Å². The van der Waals surface area contributed by atoms with Gasteiger partial charge in [-0.1, -0.05) is 19.1 Å². The Labute approximate surface area is 149 Å². The molecule has 0 fully saturated rings. The molecule has 0 aliphatic heterocycles. The molecule has 10 heteroatoms. The van der Waals surface area contributed by atoms with Crippen LogP contribution in [0.25, 0.3) is 0 Å². The third-order valence-electron chi connectivity index (χ3n) is 4.02. The maximum Gasteiger partial charge on any atom is 0.427 e. The summed E-state index contributed by atoms with van der Waals surface area (Å²) in [5, 5.41) is 43.1. The molecular weight excluding hydrogens is 365 g/mol. The van der Waals surface area contributed by atoms with Crippen LogP contribution in [0.3, 0.4) is 0 Å². The third-order valence-corrected chi connectivity index (χ3v) is 4.58. The monoisotopic (exact) mass is 385 g/mol. The minimum atomic E-state index is -4.87. The number of aliphatic hydroxyl groups is 3. The number of benzene rings is 1. The second-order valence-corrected chi connectivity index (χ2v) is 7.28. The molecular formula is C16H20NO8P. The molecule has 0 spiro atoms. The molecule has 0 radical (unpaired) electrons. The largest absolute Gasteiger partial charge is 0.508 e. The Hall–Kier alpha value is -2.16. The molecule has 1 aliphatic rings. The SMILES string of the molecule is CCC(c1cccc(O)c1)C(O)(O)C1=C(NP(=O)(O)O)CC(=O)C=C1O. The predicted molar refractivity (Wildman–Crippen MR) is 90.8 cm³/mol. The Kier molecular flexibility index (Phi) is 5.60. The minimum absolute atomic E-state index is 0.113. The molecule has 1 aliphatic carbocycles. The van der Waals surface area contributed by atoms with Gasteiger partial charge in [-0.05, 0) is 24.1 Å². The summed E-state index contributed by atoms with van der Waals surface area (Å²) in [7, 11) is -4.87. The molecule has 142 valence electrons. The van der Waals surface area contributed by atoms with E-state index in [-0.39, 0.29) is 12.2 Å². The smallest absolute Gasteiger partial charge is 0.427 e. The molecule has 0 saturated heterocycles. The molecule has 1 aromatic carbocycles. The van der Waals surface area contributed by atoms with Gasteiger partial charge in [0.1, 0.15) is 11.5 Å². The van der Waals surface area contributed by atoms with Crippen molar-refractivity contribution in [3.05, 3.63) is 52.9 Å². The maximum atomic E-state index is 11.6. The Bertz CT molecular complexity index is 823. The number of phenols is 1. The van der Waals surface area contributed by atoms with Crippen LogP contribution in [0.2, 0.25) is 0 Å². The van der Waals surface area contributed by atoms with Crippen molar-refractivity contribution < 1.29 is 39.6 Å². The number of hydrogen-bond donors (Lipinski definition) is 7. The van der Waals surface area contributed by atoms with Crippen LogP contribution in [0.1, 0.15) is 31.2 Å². The van der Waals surface area contributed by atoms with Crippen molar-refractivity contribution in [1.82, 2.24) is 5.09 Å². The number of carbonyl (C=O) groups excluding carboxylic acids is 1. The maximum absolute atomic E-state index is 11.6. The first kappa shape index (κ1) is 20.2. The molecule has 0 saturated carbocycles. The van der Waals surface area contributed by atoms with Crippen molar-refractivity contribution in [3.8, 4) is 5.75 Å². The van der Waals surface area contributed by atoms with Crippen molar-refractivity contribution in [3.63, 3.8) is 0 Å². The van der Waals surface area contributed by atoms with E-state index in [0.717, 1.165) is 6.08 Å². The van der Waals surface area contributed by atoms with E-state index < -0.39 is 48.7 Å². The van der Waals surface area contributed by atoms with E-state index in [4.69, 9.17) is 9.79 Å². The van der Waals surface area contributed by atoms with Gasteiger partial charge in [0.15, 0.2) is 5.78 Å². The average Bonchev–Trinajstić information content (AvgIpc) is 2.44. The summed E-state index contributed by atoms with van der Waals surface area (Å²) in [6, 6.07) is 5.72. The van der Waals surface area contributed by atoms with Crippen LogP contribution in [-0.4, -0.2) is 41.8 Å². The first-order chi connectivity index (χ1) is 12.0. The van der Waals surface area contributed by atoms with Gasteiger partial charge < -0.3 is 30.2 Å². The van der Waals surface area contributed by atoms with E-state index in [2.05, 4.69) is 0 Å². The molecule has 0 bridgehead atoms. The summed E-state index contributed by atoms with van der Waals surface area (Å²) in [5.74, 6) is -5.43. The first-order valence-electron chi connectivity index (χ1n) is 7.70. The fourth-order valence-electron chi connectivity index (χ4n) is 3.04. The van der Waals surface area contributed by atoms with Crippen molar-refractivity contribution >= 4 is 13.5 Å². The molecule has 0 heterocycles. The van der Waals surface area contributed by atoms with Gasteiger partial charge in [0.05, 0.1) is 12.0 Å². The van der Waals surface area contributed by atoms with Crippen molar-refractivity contribution in [2.75, 3.05) is 0 Å². The quantitative estimate of drug-likeness (QED) is 0.278. The second-order valence-electron chi connectivity index (χ2n) is 5.96. The molecule has 0 aromatic heterocycles. The number of allylic oxidation sites excluding steroid dienone is 2. The highest BCUT2D eigenvalue weighted by molar-refractivity contribution is 7.49. The van der Waals surface area contributed by atoms with Crippen molar-refractivity contribution in [2.45, 2.75) is 31.5 Å². The zero-order valence-electron chi connectivity index (χ0n) is 13.8. The van der Waals surface area contributed by atoms with Gasteiger partial charge in [0, 0.05) is 17.7 Å². The van der Waals surface area contributed by atoms with Gasteiger partial charge in [0.25, 0.3) is 0 Å². The lowest BCUT2D eigenvalue weighted by Gasteiger charge is -2.35. The highest BCUT2D eigenvalue weighted by Crippen LogP contribution is 2.43. The zero-order chi connectivity index (χ0) is 19.7. The molecule has 1 aromatic rings. The Morgan fingerprint density at radius 1 is 1.27 bits per heavy atom. The topological polar surface area (TPSA) is 168 Å². The van der Waals surface area contributed by atoms with Crippen LogP contribution in [-0.2, 0) is 9.36 Å². The van der Waals surface area contributed by atoms with Gasteiger partial charge in [-0.3, -0.25) is 9.88 Å². The molecule has 2 rings (SSSR count). The first-order valence-corrected chi connectivity index (χ1v) is 9.32. The highest BCUT2D eigenvalue weighted by Gasteiger charge is 2.44. The number of rotatable bonds is 6. The van der Waals surface area contributed by atoms with E-state index in [1.807, 2.05) is 0 Å². The van der Waals surface area contributed by atoms with Crippen LogP contribution in [0.4, 0.5) is 0 Å².